The van der Waals surface area contributed by atoms with E-state index in [1.165, 1.54) is 22.9 Å². The quantitative estimate of drug-likeness (QED) is 0.461. The van der Waals surface area contributed by atoms with Gasteiger partial charge in [-0.05, 0) is 41.5 Å². The largest absolute Gasteiger partial charge is 0.545 e. The van der Waals surface area contributed by atoms with Crippen LogP contribution >= 0.6 is 34.5 Å². The number of rotatable bonds is 6. The molecule has 1 aromatic heterocycles. The molecule has 0 aliphatic carbocycles. The molecular formula is C19H12Cl2N3O4S-. The van der Waals surface area contributed by atoms with Crippen LogP contribution in [0.3, 0.4) is 0 Å². The third kappa shape index (κ3) is 5.11. The predicted octanol–water partition coefficient (Wildman–Crippen LogP) is 2.39. The Kier molecular flexibility index (Phi) is 6.48. The summed E-state index contributed by atoms with van der Waals surface area (Å²) in [4.78, 5) is 35.2. The first kappa shape index (κ1) is 20.8. The molecule has 29 heavy (non-hydrogen) atoms. The van der Waals surface area contributed by atoms with Crippen LogP contribution in [0.1, 0.15) is 31.2 Å². The van der Waals surface area contributed by atoms with Crippen LogP contribution < -0.4 is 15.4 Å². The molecule has 0 saturated heterocycles. The van der Waals surface area contributed by atoms with Gasteiger partial charge in [0.2, 0.25) is 0 Å². The summed E-state index contributed by atoms with van der Waals surface area (Å²) in [5.74, 6) is -1.75. The third-order valence-corrected chi connectivity index (χ3v) is 5.50. The van der Waals surface area contributed by atoms with Crippen LogP contribution in [0.4, 0.5) is 0 Å². The maximum Gasteiger partial charge on any atom is 0.309 e. The molecule has 0 saturated carbocycles. The minimum Gasteiger partial charge on any atom is -0.545 e. The highest BCUT2D eigenvalue weighted by atomic mass is 35.5. The highest BCUT2D eigenvalue weighted by molar-refractivity contribution is 7.11. The molecule has 1 heterocycles. The summed E-state index contributed by atoms with van der Waals surface area (Å²) in [5, 5.41) is 15.4. The first-order valence-corrected chi connectivity index (χ1v) is 9.71. The van der Waals surface area contributed by atoms with Crippen LogP contribution in [-0.4, -0.2) is 22.7 Å². The van der Waals surface area contributed by atoms with Gasteiger partial charge in [-0.25, -0.2) is 5.43 Å². The SMILES string of the molecule is O=C([O-])c1cccc(Cn2c(Cl)c(/C=N\NC(=O)c3ccc(Cl)cc3)sc2=O)c1. The number of carbonyl (C=O) groups excluding carboxylic acids is 2. The zero-order chi connectivity index (χ0) is 21.0. The molecule has 0 aliphatic heterocycles. The summed E-state index contributed by atoms with van der Waals surface area (Å²) in [7, 11) is 0. The van der Waals surface area contributed by atoms with Crippen molar-refractivity contribution in [3.8, 4) is 0 Å². The highest BCUT2D eigenvalue weighted by Gasteiger charge is 2.12. The lowest BCUT2D eigenvalue weighted by Crippen LogP contribution is -2.22. The molecule has 1 N–H and O–H groups in total. The van der Waals surface area contributed by atoms with Crippen LogP contribution in [0.15, 0.2) is 58.4 Å². The average Bonchev–Trinajstić information content (AvgIpc) is 2.96. The lowest BCUT2D eigenvalue weighted by Gasteiger charge is -2.07. The summed E-state index contributed by atoms with van der Waals surface area (Å²) in [6.45, 7) is 0.0836. The van der Waals surface area contributed by atoms with Crippen LogP contribution in [-0.2, 0) is 6.54 Å². The summed E-state index contributed by atoms with van der Waals surface area (Å²) in [5.41, 5.74) is 3.30. The van der Waals surface area contributed by atoms with E-state index in [4.69, 9.17) is 23.2 Å². The normalized spacial score (nSPS) is 11.0. The molecule has 0 atom stereocenters. The molecule has 3 aromatic rings. The summed E-state index contributed by atoms with van der Waals surface area (Å²) in [6, 6.07) is 12.3. The number of thiazole rings is 1. The number of benzene rings is 2. The number of aromatic nitrogens is 1. The standard InChI is InChI=1S/C19H13Cl2N3O4S/c20-14-6-4-12(5-7-14)17(25)23-22-9-15-16(21)24(19(28)29-15)10-11-2-1-3-13(8-11)18(26)27/h1-9H,10H2,(H,23,25)(H,26,27)/p-1/b22-9-. The van der Waals surface area contributed by atoms with Crippen molar-refractivity contribution in [2.75, 3.05) is 0 Å². The highest BCUT2D eigenvalue weighted by Crippen LogP contribution is 2.18. The fourth-order valence-corrected chi connectivity index (χ4v) is 3.64. The molecular weight excluding hydrogens is 437 g/mol. The maximum atomic E-state index is 12.2. The first-order chi connectivity index (χ1) is 13.8. The maximum absolute atomic E-state index is 12.2. The van der Waals surface area contributed by atoms with Crippen molar-refractivity contribution in [2.45, 2.75) is 6.54 Å². The van der Waals surface area contributed by atoms with Gasteiger partial charge in [0, 0.05) is 10.6 Å². The molecule has 0 aliphatic rings. The van der Waals surface area contributed by atoms with Crippen molar-refractivity contribution in [3.63, 3.8) is 0 Å². The van der Waals surface area contributed by atoms with Gasteiger partial charge in [-0.2, -0.15) is 5.10 Å². The van der Waals surface area contributed by atoms with Crippen molar-refractivity contribution in [1.29, 1.82) is 0 Å². The number of aromatic carboxylic acids is 1. The molecule has 0 spiro atoms. The lowest BCUT2D eigenvalue weighted by atomic mass is 10.1. The van der Waals surface area contributed by atoms with E-state index in [1.54, 1.807) is 36.4 Å². The van der Waals surface area contributed by atoms with E-state index in [1.807, 2.05) is 0 Å². The summed E-state index contributed by atoms with van der Waals surface area (Å²) >= 11 is 12.9. The number of carboxylic acid groups (broad SMARTS) is 1. The second-order valence-electron chi connectivity index (χ2n) is 5.80. The monoisotopic (exact) mass is 448 g/mol. The minimum absolute atomic E-state index is 0.00796. The zero-order valence-corrected chi connectivity index (χ0v) is 16.9. The number of carbonyl (C=O) groups is 2. The van der Waals surface area contributed by atoms with Gasteiger partial charge < -0.3 is 9.90 Å². The van der Waals surface area contributed by atoms with E-state index in [2.05, 4.69) is 10.5 Å². The second kappa shape index (κ2) is 9.04. The Morgan fingerprint density at radius 2 is 1.86 bits per heavy atom. The molecule has 0 bridgehead atoms. The third-order valence-electron chi connectivity index (χ3n) is 3.82. The number of carboxylic acids is 1. The Morgan fingerprint density at radius 3 is 2.55 bits per heavy atom. The molecule has 7 nitrogen and oxygen atoms in total. The molecule has 10 heteroatoms. The van der Waals surface area contributed by atoms with Gasteiger partial charge in [0.05, 0.1) is 23.6 Å². The van der Waals surface area contributed by atoms with Gasteiger partial charge in [0.25, 0.3) is 5.91 Å². The van der Waals surface area contributed by atoms with E-state index in [-0.39, 0.29) is 22.1 Å². The van der Waals surface area contributed by atoms with Crippen LogP contribution in [0.2, 0.25) is 10.2 Å². The van der Waals surface area contributed by atoms with Gasteiger partial charge in [-0.15, -0.1) is 0 Å². The lowest BCUT2D eigenvalue weighted by molar-refractivity contribution is -0.255. The van der Waals surface area contributed by atoms with Gasteiger partial charge in [-0.1, -0.05) is 52.7 Å². The Labute approximate surface area is 178 Å². The van der Waals surface area contributed by atoms with Crippen LogP contribution in [0.25, 0.3) is 0 Å². The topological polar surface area (TPSA) is 104 Å². The van der Waals surface area contributed by atoms with Gasteiger partial charge in [-0.3, -0.25) is 14.2 Å². The summed E-state index contributed by atoms with van der Waals surface area (Å²) < 4.78 is 1.28. The van der Waals surface area contributed by atoms with Crippen molar-refractivity contribution in [1.82, 2.24) is 9.99 Å². The average molecular weight is 449 g/mol. The van der Waals surface area contributed by atoms with Crippen LogP contribution in [0.5, 0.6) is 0 Å². The number of hydrazone groups is 1. The molecule has 0 unspecified atom stereocenters. The Bertz CT molecular complexity index is 1150. The van der Waals surface area contributed by atoms with Gasteiger partial charge >= 0.3 is 4.87 Å². The Hall–Kier alpha value is -2.94. The Balaban J connectivity index is 1.73. The number of hydrogen-bond acceptors (Lipinski definition) is 6. The van der Waals surface area contributed by atoms with Gasteiger partial charge in [0.15, 0.2) is 0 Å². The van der Waals surface area contributed by atoms with E-state index in [9.17, 15) is 19.5 Å². The number of nitrogens with one attached hydrogen (secondary N) is 1. The number of nitrogens with zero attached hydrogens (tertiary/aromatic N) is 2. The van der Waals surface area contributed by atoms with E-state index >= 15 is 0 Å². The van der Waals surface area contributed by atoms with Crippen molar-refractivity contribution in [3.05, 3.63) is 89.9 Å². The minimum atomic E-state index is -1.31. The van der Waals surface area contributed by atoms with Crippen molar-refractivity contribution >= 4 is 52.6 Å². The second-order valence-corrected chi connectivity index (χ2v) is 7.59. The van der Waals surface area contributed by atoms with Crippen LogP contribution in [0, 0.1) is 0 Å². The number of halogens is 2. The molecule has 2 aromatic carbocycles. The van der Waals surface area contributed by atoms with E-state index in [0.717, 1.165) is 11.3 Å². The first-order valence-electron chi connectivity index (χ1n) is 8.13. The molecule has 148 valence electrons. The molecule has 0 fully saturated rings. The fourth-order valence-electron chi connectivity index (χ4n) is 2.41. The summed E-state index contributed by atoms with van der Waals surface area (Å²) in [6.07, 6.45) is 1.27. The van der Waals surface area contributed by atoms with Crippen molar-refractivity contribution < 1.29 is 14.7 Å². The number of amides is 1. The van der Waals surface area contributed by atoms with E-state index in [0.29, 0.717) is 21.0 Å². The smallest absolute Gasteiger partial charge is 0.309 e. The molecule has 1 amide bonds. The van der Waals surface area contributed by atoms with Gasteiger partial charge in [0.1, 0.15) is 5.15 Å². The Morgan fingerprint density at radius 1 is 1.14 bits per heavy atom. The molecule has 0 radical (unpaired) electrons. The number of hydrogen-bond donors (Lipinski definition) is 1. The molecule has 3 rings (SSSR count). The van der Waals surface area contributed by atoms with Crippen molar-refractivity contribution in [2.24, 2.45) is 5.10 Å². The zero-order valence-electron chi connectivity index (χ0n) is 14.6. The van der Waals surface area contributed by atoms with E-state index < -0.39 is 11.9 Å². The fraction of sp³-hybridized carbons (Fsp3) is 0.0526. The predicted molar refractivity (Wildman–Crippen MR) is 110 cm³/mol.